The van der Waals surface area contributed by atoms with Crippen molar-refractivity contribution in [1.82, 2.24) is 15.6 Å². The van der Waals surface area contributed by atoms with Crippen LogP contribution >= 0.6 is 0 Å². The molecule has 0 bridgehead atoms. The van der Waals surface area contributed by atoms with Crippen molar-refractivity contribution in [2.45, 2.75) is 44.4 Å². The lowest BCUT2D eigenvalue weighted by Crippen LogP contribution is -2.41. The monoisotopic (exact) mass is 447 g/mol. The zero-order valence-corrected chi connectivity index (χ0v) is 18.6. The predicted molar refractivity (Wildman–Crippen MR) is 118 cm³/mol. The highest BCUT2D eigenvalue weighted by Crippen LogP contribution is 2.13. The van der Waals surface area contributed by atoms with Gasteiger partial charge in [0.15, 0.2) is 0 Å². The average Bonchev–Trinajstić information content (AvgIpc) is 2.77. The molecule has 0 heterocycles. The summed E-state index contributed by atoms with van der Waals surface area (Å²) < 4.78 is 31.9. The minimum Gasteiger partial charge on any atom is -0.494 e. The van der Waals surface area contributed by atoms with Gasteiger partial charge in [0.1, 0.15) is 5.75 Å². The van der Waals surface area contributed by atoms with E-state index in [-0.39, 0.29) is 17.0 Å². The Morgan fingerprint density at radius 3 is 1.87 bits per heavy atom. The van der Waals surface area contributed by atoms with Crippen LogP contribution in [-0.2, 0) is 10.0 Å². The first kappa shape index (κ1) is 24.4. The standard InChI is InChI=1S/C22H29N3O5S/c1-3-5-6-7-16-30-19-12-8-17(9-13-19)21(26)24-25-22(27)18-10-14-20(15-11-18)31(28,29)23-4-2/h8-15,23H,3-7,16H2,1-2H3,(H,24,26)(H,25,27). The summed E-state index contributed by atoms with van der Waals surface area (Å²) in [5.41, 5.74) is 5.23. The van der Waals surface area contributed by atoms with Crippen LogP contribution in [0.25, 0.3) is 0 Å². The molecule has 0 fully saturated rings. The van der Waals surface area contributed by atoms with Crippen LogP contribution in [0.3, 0.4) is 0 Å². The minimum atomic E-state index is -3.59. The van der Waals surface area contributed by atoms with Crippen LogP contribution in [0.1, 0.15) is 60.2 Å². The Morgan fingerprint density at radius 2 is 1.35 bits per heavy atom. The molecule has 0 spiro atoms. The summed E-state index contributed by atoms with van der Waals surface area (Å²) in [5.74, 6) is -0.355. The molecule has 0 unspecified atom stereocenters. The number of hydrogen-bond donors (Lipinski definition) is 3. The second-order valence-corrected chi connectivity index (χ2v) is 8.63. The van der Waals surface area contributed by atoms with Gasteiger partial charge in [-0.15, -0.1) is 0 Å². The molecule has 0 saturated carbocycles. The van der Waals surface area contributed by atoms with Gasteiger partial charge < -0.3 is 4.74 Å². The topological polar surface area (TPSA) is 114 Å². The maximum atomic E-state index is 12.2. The van der Waals surface area contributed by atoms with Crippen molar-refractivity contribution in [2.24, 2.45) is 0 Å². The van der Waals surface area contributed by atoms with Gasteiger partial charge >= 0.3 is 0 Å². The van der Waals surface area contributed by atoms with Crippen molar-refractivity contribution in [3.8, 4) is 5.75 Å². The van der Waals surface area contributed by atoms with E-state index in [1.165, 1.54) is 37.1 Å². The SMILES string of the molecule is CCCCCCOc1ccc(C(=O)NNC(=O)c2ccc(S(=O)(=O)NCC)cc2)cc1. The number of rotatable bonds is 11. The van der Waals surface area contributed by atoms with Crippen molar-refractivity contribution in [1.29, 1.82) is 0 Å². The summed E-state index contributed by atoms with van der Waals surface area (Å²) in [4.78, 5) is 24.5. The van der Waals surface area contributed by atoms with E-state index >= 15 is 0 Å². The Labute approximate surface area is 183 Å². The third-order valence-corrected chi connectivity index (χ3v) is 6.00. The molecule has 31 heavy (non-hydrogen) atoms. The number of amides is 2. The summed E-state index contributed by atoms with van der Waals surface area (Å²) in [6.07, 6.45) is 4.48. The molecule has 0 saturated heterocycles. The number of hydrogen-bond acceptors (Lipinski definition) is 5. The van der Waals surface area contributed by atoms with E-state index in [1.54, 1.807) is 31.2 Å². The smallest absolute Gasteiger partial charge is 0.269 e. The Kier molecular flexibility index (Phi) is 9.48. The van der Waals surface area contributed by atoms with Gasteiger partial charge in [-0.2, -0.15) is 0 Å². The van der Waals surface area contributed by atoms with Gasteiger partial charge in [0.25, 0.3) is 11.8 Å². The number of ether oxygens (including phenoxy) is 1. The second kappa shape index (κ2) is 12.1. The van der Waals surface area contributed by atoms with Gasteiger partial charge in [-0.05, 0) is 55.0 Å². The molecule has 2 rings (SSSR count). The number of sulfonamides is 1. The van der Waals surface area contributed by atoms with Crippen molar-refractivity contribution in [3.63, 3.8) is 0 Å². The highest BCUT2D eigenvalue weighted by molar-refractivity contribution is 7.89. The van der Waals surface area contributed by atoms with E-state index in [4.69, 9.17) is 4.74 Å². The lowest BCUT2D eigenvalue weighted by Gasteiger charge is -2.10. The largest absolute Gasteiger partial charge is 0.494 e. The van der Waals surface area contributed by atoms with Gasteiger partial charge in [0.2, 0.25) is 10.0 Å². The maximum Gasteiger partial charge on any atom is 0.269 e. The Hall–Kier alpha value is -2.91. The molecule has 9 heteroatoms. The van der Waals surface area contributed by atoms with E-state index in [1.807, 2.05) is 0 Å². The number of unbranched alkanes of at least 4 members (excludes halogenated alkanes) is 3. The van der Waals surface area contributed by atoms with Gasteiger partial charge in [-0.3, -0.25) is 20.4 Å². The fraction of sp³-hybridized carbons (Fsp3) is 0.364. The maximum absolute atomic E-state index is 12.2. The average molecular weight is 448 g/mol. The molecule has 0 aliphatic carbocycles. The van der Waals surface area contributed by atoms with E-state index in [0.29, 0.717) is 17.9 Å². The molecule has 0 aliphatic heterocycles. The van der Waals surface area contributed by atoms with E-state index in [0.717, 1.165) is 12.8 Å². The van der Waals surface area contributed by atoms with Crippen molar-refractivity contribution >= 4 is 21.8 Å². The zero-order chi connectivity index (χ0) is 22.7. The number of nitrogens with one attached hydrogen (secondary N) is 3. The normalized spacial score (nSPS) is 11.0. The molecule has 3 N–H and O–H groups in total. The third kappa shape index (κ3) is 7.69. The molecule has 0 aromatic heterocycles. The molecule has 0 radical (unpaired) electrons. The number of carbonyl (C=O) groups is 2. The van der Waals surface area contributed by atoms with Crippen LogP contribution in [-0.4, -0.2) is 33.4 Å². The number of benzene rings is 2. The molecule has 0 aliphatic rings. The fourth-order valence-electron chi connectivity index (χ4n) is 2.74. The summed E-state index contributed by atoms with van der Waals surface area (Å²) in [7, 11) is -3.59. The van der Waals surface area contributed by atoms with E-state index < -0.39 is 21.8 Å². The zero-order valence-electron chi connectivity index (χ0n) is 17.8. The lowest BCUT2D eigenvalue weighted by molar-refractivity contribution is 0.0846. The van der Waals surface area contributed by atoms with Crippen LogP contribution in [0.15, 0.2) is 53.4 Å². The van der Waals surface area contributed by atoms with Crippen LogP contribution in [0.2, 0.25) is 0 Å². The molecule has 8 nitrogen and oxygen atoms in total. The summed E-state index contributed by atoms with van der Waals surface area (Å²) >= 11 is 0. The molecule has 2 amide bonds. The first-order valence-corrected chi connectivity index (χ1v) is 11.8. The highest BCUT2D eigenvalue weighted by atomic mass is 32.2. The third-order valence-electron chi connectivity index (χ3n) is 4.43. The van der Waals surface area contributed by atoms with Crippen LogP contribution in [0.5, 0.6) is 5.75 Å². The van der Waals surface area contributed by atoms with E-state index in [2.05, 4.69) is 22.5 Å². The molecular formula is C22H29N3O5S. The quantitative estimate of drug-likeness (QED) is 0.362. The predicted octanol–water partition coefficient (Wildman–Crippen LogP) is 3.02. The van der Waals surface area contributed by atoms with Crippen LogP contribution in [0.4, 0.5) is 0 Å². The number of carbonyl (C=O) groups excluding carboxylic acids is 2. The Bertz CT molecular complexity index is 958. The molecular weight excluding hydrogens is 418 g/mol. The molecule has 168 valence electrons. The van der Waals surface area contributed by atoms with Gasteiger partial charge in [0, 0.05) is 17.7 Å². The van der Waals surface area contributed by atoms with Gasteiger partial charge in [0.05, 0.1) is 11.5 Å². The fourth-order valence-corrected chi connectivity index (χ4v) is 3.78. The first-order chi connectivity index (χ1) is 14.9. The minimum absolute atomic E-state index is 0.0580. The highest BCUT2D eigenvalue weighted by Gasteiger charge is 2.14. The Morgan fingerprint density at radius 1 is 0.806 bits per heavy atom. The second-order valence-electron chi connectivity index (χ2n) is 6.87. The van der Waals surface area contributed by atoms with Crippen molar-refractivity contribution < 1.29 is 22.7 Å². The Balaban J connectivity index is 1.84. The molecule has 0 atom stereocenters. The molecule has 2 aromatic rings. The molecule has 2 aromatic carbocycles. The van der Waals surface area contributed by atoms with Crippen molar-refractivity contribution in [2.75, 3.05) is 13.2 Å². The summed E-state index contributed by atoms with van der Waals surface area (Å²) in [6.45, 7) is 4.73. The summed E-state index contributed by atoms with van der Waals surface area (Å²) in [6, 6.07) is 12.1. The summed E-state index contributed by atoms with van der Waals surface area (Å²) in [5, 5.41) is 0. The number of hydrazine groups is 1. The lowest BCUT2D eigenvalue weighted by atomic mass is 10.2. The first-order valence-electron chi connectivity index (χ1n) is 10.3. The van der Waals surface area contributed by atoms with Crippen LogP contribution in [0, 0.1) is 0 Å². The van der Waals surface area contributed by atoms with Crippen molar-refractivity contribution in [3.05, 3.63) is 59.7 Å². The van der Waals surface area contributed by atoms with E-state index in [9.17, 15) is 18.0 Å². The van der Waals surface area contributed by atoms with Crippen LogP contribution < -0.4 is 20.3 Å². The van der Waals surface area contributed by atoms with Gasteiger partial charge in [-0.25, -0.2) is 13.1 Å². The van der Waals surface area contributed by atoms with Gasteiger partial charge in [-0.1, -0.05) is 33.1 Å².